The number of benzene rings is 1. The molecular formula is C13H22N2O3S2. The predicted molar refractivity (Wildman–Crippen MR) is 83.1 cm³/mol. The molecule has 1 aromatic rings. The van der Waals surface area contributed by atoms with Gasteiger partial charge in [-0.25, -0.2) is 13.1 Å². The lowest BCUT2D eigenvalue weighted by Crippen LogP contribution is -2.28. The standard InChI is InChI=1S/C13H22N2O3S2/c1-11(19(2)16)6-7-15-20(17,18)10-13-5-3-4-12(8-13)9-14/h3-5,8,11,15H,6-7,9-10,14H2,1-2H3. The second-order valence-corrected chi connectivity index (χ2v) is 8.38. The molecule has 0 fully saturated rings. The zero-order valence-electron chi connectivity index (χ0n) is 11.8. The fourth-order valence-corrected chi connectivity index (χ4v) is 3.30. The molecule has 0 bridgehead atoms. The van der Waals surface area contributed by atoms with Crippen molar-refractivity contribution in [3.05, 3.63) is 35.4 Å². The molecule has 0 radical (unpaired) electrons. The van der Waals surface area contributed by atoms with Crippen molar-refractivity contribution in [2.45, 2.75) is 30.9 Å². The maximum absolute atomic E-state index is 11.9. The zero-order chi connectivity index (χ0) is 15.2. The first-order chi connectivity index (χ1) is 9.34. The molecule has 3 N–H and O–H groups in total. The molecule has 2 atom stereocenters. The van der Waals surface area contributed by atoms with Crippen molar-refractivity contribution in [3.8, 4) is 0 Å². The van der Waals surface area contributed by atoms with Gasteiger partial charge in [0.1, 0.15) is 0 Å². The number of rotatable bonds is 8. The third-order valence-corrected chi connectivity index (χ3v) is 5.75. The molecule has 114 valence electrons. The Morgan fingerprint density at radius 2 is 2.00 bits per heavy atom. The maximum atomic E-state index is 11.9. The van der Waals surface area contributed by atoms with Gasteiger partial charge in [0.2, 0.25) is 10.0 Å². The van der Waals surface area contributed by atoms with Crippen LogP contribution in [0.2, 0.25) is 0 Å². The third kappa shape index (κ3) is 6.13. The molecule has 1 aromatic carbocycles. The Balaban J connectivity index is 2.54. The first-order valence-corrected chi connectivity index (χ1v) is 9.69. The molecule has 0 heterocycles. The van der Waals surface area contributed by atoms with Crippen molar-refractivity contribution in [1.82, 2.24) is 4.72 Å². The van der Waals surface area contributed by atoms with E-state index in [1.165, 1.54) is 0 Å². The highest BCUT2D eigenvalue weighted by Crippen LogP contribution is 2.08. The Morgan fingerprint density at radius 1 is 1.35 bits per heavy atom. The predicted octanol–water partition coefficient (Wildman–Crippen LogP) is 0.722. The van der Waals surface area contributed by atoms with Crippen LogP contribution in [0.5, 0.6) is 0 Å². The lowest BCUT2D eigenvalue weighted by molar-refractivity contribution is 0.577. The van der Waals surface area contributed by atoms with E-state index in [1.807, 2.05) is 13.0 Å². The van der Waals surface area contributed by atoms with Gasteiger partial charge in [-0.15, -0.1) is 0 Å². The summed E-state index contributed by atoms with van der Waals surface area (Å²) in [6.07, 6.45) is 2.18. The van der Waals surface area contributed by atoms with E-state index >= 15 is 0 Å². The van der Waals surface area contributed by atoms with E-state index in [1.54, 1.807) is 24.5 Å². The molecule has 0 spiro atoms. The van der Waals surface area contributed by atoms with Crippen molar-refractivity contribution >= 4 is 20.8 Å². The van der Waals surface area contributed by atoms with Gasteiger partial charge >= 0.3 is 0 Å². The molecule has 0 aliphatic carbocycles. The second kappa shape index (κ2) is 7.87. The zero-order valence-corrected chi connectivity index (χ0v) is 13.5. The first-order valence-electron chi connectivity index (χ1n) is 6.41. The molecule has 0 amide bonds. The Labute approximate surface area is 123 Å². The summed E-state index contributed by atoms with van der Waals surface area (Å²) in [7, 11) is -4.30. The van der Waals surface area contributed by atoms with Crippen LogP contribution in [-0.2, 0) is 33.1 Å². The minimum absolute atomic E-state index is 0.0155. The molecule has 0 aliphatic heterocycles. The monoisotopic (exact) mass is 318 g/mol. The normalized spacial score (nSPS) is 14.9. The van der Waals surface area contributed by atoms with E-state index in [9.17, 15) is 12.6 Å². The van der Waals surface area contributed by atoms with E-state index in [2.05, 4.69) is 4.72 Å². The SMILES string of the molecule is CC(CCNS(=O)(=O)Cc1cccc(CN)c1)S(C)=O. The molecule has 2 unspecified atom stereocenters. The van der Waals surface area contributed by atoms with E-state index in [0.29, 0.717) is 25.1 Å². The van der Waals surface area contributed by atoms with Gasteiger partial charge in [-0.1, -0.05) is 31.2 Å². The average molecular weight is 318 g/mol. The summed E-state index contributed by atoms with van der Waals surface area (Å²) < 4.78 is 37.6. The highest BCUT2D eigenvalue weighted by atomic mass is 32.2. The first kappa shape index (κ1) is 17.3. The van der Waals surface area contributed by atoms with Gasteiger partial charge < -0.3 is 5.73 Å². The van der Waals surface area contributed by atoms with E-state index < -0.39 is 20.8 Å². The molecule has 20 heavy (non-hydrogen) atoms. The number of hydrogen-bond donors (Lipinski definition) is 2. The average Bonchev–Trinajstić information content (AvgIpc) is 2.37. The van der Waals surface area contributed by atoms with Crippen LogP contribution in [0.1, 0.15) is 24.5 Å². The highest BCUT2D eigenvalue weighted by molar-refractivity contribution is 7.88. The van der Waals surface area contributed by atoms with E-state index in [4.69, 9.17) is 5.73 Å². The maximum Gasteiger partial charge on any atom is 0.215 e. The van der Waals surface area contributed by atoms with Gasteiger partial charge in [0.25, 0.3) is 0 Å². The lowest BCUT2D eigenvalue weighted by atomic mass is 10.1. The van der Waals surface area contributed by atoms with Gasteiger partial charge in [-0.3, -0.25) is 4.21 Å². The summed E-state index contributed by atoms with van der Waals surface area (Å²) in [4.78, 5) is 0. The van der Waals surface area contributed by atoms with Crippen LogP contribution < -0.4 is 10.5 Å². The minimum Gasteiger partial charge on any atom is -0.326 e. The van der Waals surface area contributed by atoms with Crippen LogP contribution in [0.4, 0.5) is 0 Å². The van der Waals surface area contributed by atoms with Crippen molar-refractivity contribution in [2.24, 2.45) is 5.73 Å². The van der Waals surface area contributed by atoms with Gasteiger partial charge in [0.05, 0.1) is 5.75 Å². The molecule has 0 aromatic heterocycles. The largest absolute Gasteiger partial charge is 0.326 e. The fourth-order valence-electron chi connectivity index (χ4n) is 1.70. The van der Waals surface area contributed by atoms with Gasteiger partial charge in [-0.2, -0.15) is 0 Å². The van der Waals surface area contributed by atoms with Crippen molar-refractivity contribution in [2.75, 3.05) is 12.8 Å². The van der Waals surface area contributed by atoms with Gasteiger partial charge in [-0.05, 0) is 17.5 Å². The Hall–Kier alpha value is -0.760. The lowest BCUT2D eigenvalue weighted by Gasteiger charge is -2.10. The number of sulfonamides is 1. The summed E-state index contributed by atoms with van der Waals surface area (Å²) in [6, 6.07) is 7.22. The Morgan fingerprint density at radius 3 is 2.60 bits per heavy atom. The van der Waals surface area contributed by atoms with Crippen LogP contribution in [0.25, 0.3) is 0 Å². The molecule has 0 saturated heterocycles. The third-order valence-electron chi connectivity index (χ3n) is 3.02. The van der Waals surface area contributed by atoms with Crippen LogP contribution >= 0.6 is 0 Å². The van der Waals surface area contributed by atoms with Crippen molar-refractivity contribution in [1.29, 1.82) is 0 Å². The van der Waals surface area contributed by atoms with E-state index in [0.717, 1.165) is 5.56 Å². The Kier molecular flexibility index (Phi) is 6.81. The van der Waals surface area contributed by atoms with Crippen LogP contribution in [0.3, 0.4) is 0 Å². The number of nitrogens with one attached hydrogen (secondary N) is 1. The summed E-state index contributed by atoms with van der Waals surface area (Å²) in [6.45, 7) is 2.54. The highest BCUT2D eigenvalue weighted by Gasteiger charge is 2.13. The summed E-state index contributed by atoms with van der Waals surface area (Å²) >= 11 is 0. The summed E-state index contributed by atoms with van der Waals surface area (Å²) in [5.41, 5.74) is 7.16. The molecule has 0 aliphatic rings. The van der Waals surface area contributed by atoms with Crippen LogP contribution in [0.15, 0.2) is 24.3 Å². The molecule has 7 heteroatoms. The fraction of sp³-hybridized carbons (Fsp3) is 0.538. The van der Waals surface area contributed by atoms with Gasteiger partial charge in [0.15, 0.2) is 0 Å². The van der Waals surface area contributed by atoms with Crippen molar-refractivity contribution < 1.29 is 12.6 Å². The molecule has 0 saturated carbocycles. The quantitative estimate of drug-likeness (QED) is 0.739. The Bertz CT molecular complexity index is 558. The molecular weight excluding hydrogens is 296 g/mol. The summed E-state index contributed by atoms with van der Waals surface area (Å²) in [5, 5.41) is -0.0155. The smallest absolute Gasteiger partial charge is 0.215 e. The number of hydrogen-bond acceptors (Lipinski definition) is 4. The van der Waals surface area contributed by atoms with Gasteiger partial charge in [0, 0.05) is 35.4 Å². The van der Waals surface area contributed by atoms with Crippen LogP contribution in [-0.4, -0.2) is 30.7 Å². The second-order valence-electron chi connectivity index (χ2n) is 4.78. The van der Waals surface area contributed by atoms with Crippen molar-refractivity contribution in [3.63, 3.8) is 0 Å². The van der Waals surface area contributed by atoms with E-state index in [-0.39, 0.29) is 11.0 Å². The minimum atomic E-state index is -3.37. The summed E-state index contributed by atoms with van der Waals surface area (Å²) in [5.74, 6) is -0.0650. The van der Waals surface area contributed by atoms with Crippen LogP contribution in [0, 0.1) is 0 Å². The number of nitrogens with two attached hydrogens (primary N) is 1. The molecule has 5 nitrogen and oxygen atoms in total. The molecule has 1 rings (SSSR count). The topological polar surface area (TPSA) is 89.3 Å².